The van der Waals surface area contributed by atoms with E-state index in [0.717, 1.165) is 30.6 Å². The number of halogens is 1. The van der Waals surface area contributed by atoms with Crippen LogP contribution >= 0.6 is 0 Å². The SMILES string of the molecule is COc1ccc(-c2ccc(C(=O)NCC3CCCC3O)c(F)c2)cc1. The van der Waals surface area contributed by atoms with Gasteiger partial charge >= 0.3 is 0 Å². The normalized spacial score (nSPS) is 19.6. The highest BCUT2D eigenvalue weighted by Crippen LogP contribution is 2.26. The van der Waals surface area contributed by atoms with Crippen LogP contribution in [0.3, 0.4) is 0 Å². The molecule has 0 heterocycles. The molecule has 2 unspecified atom stereocenters. The minimum Gasteiger partial charge on any atom is -0.497 e. The molecule has 0 aliphatic heterocycles. The quantitative estimate of drug-likeness (QED) is 0.875. The molecular formula is C20H22FNO3. The molecule has 0 radical (unpaired) electrons. The predicted molar refractivity (Wildman–Crippen MR) is 94.1 cm³/mol. The Morgan fingerprint density at radius 1 is 1.20 bits per heavy atom. The number of methoxy groups -OCH3 is 1. The van der Waals surface area contributed by atoms with E-state index in [-0.39, 0.29) is 17.6 Å². The van der Waals surface area contributed by atoms with E-state index in [2.05, 4.69) is 5.32 Å². The summed E-state index contributed by atoms with van der Waals surface area (Å²) in [4.78, 5) is 12.2. The van der Waals surface area contributed by atoms with E-state index in [1.807, 2.05) is 12.1 Å². The second-order valence-electron chi connectivity index (χ2n) is 6.39. The van der Waals surface area contributed by atoms with Crippen LogP contribution in [0.25, 0.3) is 11.1 Å². The number of carbonyl (C=O) groups is 1. The molecule has 5 heteroatoms. The Balaban J connectivity index is 1.69. The highest BCUT2D eigenvalue weighted by molar-refractivity contribution is 5.95. The van der Waals surface area contributed by atoms with E-state index in [4.69, 9.17) is 4.74 Å². The van der Waals surface area contributed by atoms with Crippen molar-refractivity contribution in [2.45, 2.75) is 25.4 Å². The number of hydrogen-bond donors (Lipinski definition) is 2. The molecule has 4 nitrogen and oxygen atoms in total. The smallest absolute Gasteiger partial charge is 0.254 e. The minimum absolute atomic E-state index is 0.0183. The predicted octanol–water partition coefficient (Wildman–Crippen LogP) is 3.39. The van der Waals surface area contributed by atoms with Crippen molar-refractivity contribution >= 4 is 5.91 Å². The molecule has 2 aromatic carbocycles. The van der Waals surface area contributed by atoms with Crippen LogP contribution in [-0.4, -0.2) is 30.8 Å². The Hall–Kier alpha value is -2.40. The first-order valence-corrected chi connectivity index (χ1v) is 8.48. The van der Waals surface area contributed by atoms with Crippen molar-refractivity contribution < 1.29 is 19.0 Å². The Morgan fingerprint density at radius 2 is 1.92 bits per heavy atom. The van der Waals surface area contributed by atoms with E-state index >= 15 is 0 Å². The number of hydrogen-bond acceptors (Lipinski definition) is 3. The summed E-state index contributed by atoms with van der Waals surface area (Å²) < 4.78 is 19.5. The zero-order valence-electron chi connectivity index (χ0n) is 14.2. The number of aliphatic hydroxyl groups excluding tert-OH is 1. The number of amides is 1. The van der Waals surface area contributed by atoms with Gasteiger partial charge in [-0.15, -0.1) is 0 Å². The maximum absolute atomic E-state index is 14.4. The Bertz CT molecular complexity index is 745. The zero-order valence-corrected chi connectivity index (χ0v) is 14.2. The van der Waals surface area contributed by atoms with Crippen molar-refractivity contribution in [1.82, 2.24) is 5.32 Å². The number of carbonyl (C=O) groups excluding carboxylic acids is 1. The molecule has 2 N–H and O–H groups in total. The summed E-state index contributed by atoms with van der Waals surface area (Å²) >= 11 is 0. The van der Waals surface area contributed by atoms with Gasteiger partial charge in [-0.3, -0.25) is 4.79 Å². The lowest BCUT2D eigenvalue weighted by Gasteiger charge is -2.15. The lowest BCUT2D eigenvalue weighted by atomic mass is 10.0. The molecule has 2 atom stereocenters. The van der Waals surface area contributed by atoms with Crippen molar-refractivity contribution in [3.05, 3.63) is 53.8 Å². The molecular weight excluding hydrogens is 321 g/mol. The molecule has 1 saturated carbocycles. The average molecular weight is 343 g/mol. The summed E-state index contributed by atoms with van der Waals surface area (Å²) in [6.07, 6.45) is 2.25. The molecule has 0 bridgehead atoms. The van der Waals surface area contributed by atoms with Crippen LogP contribution in [0, 0.1) is 11.7 Å². The van der Waals surface area contributed by atoms with Gasteiger partial charge in [0.15, 0.2) is 0 Å². The second kappa shape index (κ2) is 7.66. The maximum Gasteiger partial charge on any atom is 0.254 e. The molecule has 3 rings (SSSR count). The van der Waals surface area contributed by atoms with Crippen LogP contribution in [0.2, 0.25) is 0 Å². The molecule has 1 aliphatic carbocycles. The van der Waals surface area contributed by atoms with Crippen molar-refractivity contribution in [2.24, 2.45) is 5.92 Å². The third-order valence-corrected chi connectivity index (χ3v) is 4.78. The number of ether oxygens (including phenoxy) is 1. The zero-order chi connectivity index (χ0) is 17.8. The second-order valence-corrected chi connectivity index (χ2v) is 6.39. The van der Waals surface area contributed by atoms with Gasteiger partial charge in [0, 0.05) is 12.5 Å². The lowest BCUT2D eigenvalue weighted by Crippen LogP contribution is -2.32. The number of rotatable bonds is 5. The van der Waals surface area contributed by atoms with Gasteiger partial charge in [-0.1, -0.05) is 24.6 Å². The van der Waals surface area contributed by atoms with E-state index < -0.39 is 11.7 Å². The summed E-state index contributed by atoms with van der Waals surface area (Å²) in [5.74, 6) is -0.212. The summed E-state index contributed by atoms with van der Waals surface area (Å²) in [6, 6.07) is 11.9. The van der Waals surface area contributed by atoms with E-state index in [1.165, 1.54) is 12.1 Å². The molecule has 0 spiro atoms. The minimum atomic E-state index is -0.558. The average Bonchev–Trinajstić information content (AvgIpc) is 3.04. The summed E-state index contributed by atoms with van der Waals surface area (Å²) in [5.41, 5.74) is 1.56. The van der Waals surface area contributed by atoms with Crippen molar-refractivity contribution in [3.8, 4) is 16.9 Å². The van der Waals surface area contributed by atoms with Gasteiger partial charge in [0.1, 0.15) is 11.6 Å². The molecule has 25 heavy (non-hydrogen) atoms. The first-order valence-electron chi connectivity index (χ1n) is 8.48. The molecule has 0 aromatic heterocycles. The van der Waals surface area contributed by atoms with Crippen LogP contribution in [0.1, 0.15) is 29.6 Å². The lowest BCUT2D eigenvalue weighted by molar-refractivity contribution is 0.0913. The van der Waals surface area contributed by atoms with E-state index in [1.54, 1.807) is 25.3 Å². The van der Waals surface area contributed by atoms with Crippen LogP contribution in [-0.2, 0) is 0 Å². The standard InChI is InChI=1S/C20H22FNO3/c1-25-16-8-5-13(6-9-16)14-7-10-17(18(21)11-14)20(24)22-12-15-3-2-4-19(15)23/h5-11,15,19,23H,2-4,12H2,1H3,(H,22,24). The van der Waals surface area contributed by atoms with Gasteiger partial charge in [-0.05, 0) is 48.2 Å². The molecule has 132 valence electrons. The molecule has 0 saturated heterocycles. The number of benzene rings is 2. The van der Waals surface area contributed by atoms with Gasteiger partial charge < -0.3 is 15.2 Å². The van der Waals surface area contributed by atoms with Crippen LogP contribution in [0.4, 0.5) is 4.39 Å². The monoisotopic (exact) mass is 343 g/mol. The van der Waals surface area contributed by atoms with E-state index in [0.29, 0.717) is 12.1 Å². The number of nitrogens with one attached hydrogen (secondary N) is 1. The number of aliphatic hydroxyl groups is 1. The first kappa shape index (κ1) is 17.4. The van der Waals surface area contributed by atoms with Crippen molar-refractivity contribution in [1.29, 1.82) is 0 Å². The Morgan fingerprint density at radius 3 is 2.52 bits per heavy atom. The highest BCUT2D eigenvalue weighted by Gasteiger charge is 2.25. The third-order valence-electron chi connectivity index (χ3n) is 4.78. The summed E-state index contributed by atoms with van der Waals surface area (Å²) in [5, 5.41) is 12.5. The van der Waals surface area contributed by atoms with E-state index in [9.17, 15) is 14.3 Å². The molecule has 1 aliphatic rings. The summed E-state index contributed by atoms with van der Waals surface area (Å²) in [6.45, 7) is 0.375. The van der Waals surface area contributed by atoms with Crippen LogP contribution in [0.15, 0.2) is 42.5 Å². The van der Waals surface area contributed by atoms with Gasteiger partial charge in [0.2, 0.25) is 0 Å². The Kier molecular flexibility index (Phi) is 5.34. The molecule has 2 aromatic rings. The fourth-order valence-corrected chi connectivity index (χ4v) is 3.24. The highest BCUT2D eigenvalue weighted by atomic mass is 19.1. The van der Waals surface area contributed by atoms with Gasteiger partial charge in [0.25, 0.3) is 5.91 Å². The first-order chi connectivity index (χ1) is 12.1. The third kappa shape index (κ3) is 3.99. The van der Waals surface area contributed by atoms with Crippen LogP contribution in [0.5, 0.6) is 5.75 Å². The van der Waals surface area contributed by atoms with Crippen molar-refractivity contribution in [3.63, 3.8) is 0 Å². The molecule has 1 fully saturated rings. The summed E-state index contributed by atoms with van der Waals surface area (Å²) in [7, 11) is 1.59. The van der Waals surface area contributed by atoms with Gasteiger partial charge in [0.05, 0.1) is 18.8 Å². The Labute approximate surface area is 146 Å². The van der Waals surface area contributed by atoms with Crippen LogP contribution < -0.4 is 10.1 Å². The van der Waals surface area contributed by atoms with Gasteiger partial charge in [-0.2, -0.15) is 0 Å². The largest absolute Gasteiger partial charge is 0.497 e. The molecule has 1 amide bonds. The fraction of sp³-hybridized carbons (Fsp3) is 0.350. The van der Waals surface area contributed by atoms with Gasteiger partial charge in [-0.25, -0.2) is 4.39 Å². The van der Waals surface area contributed by atoms with Crippen molar-refractivity contribution in [2.75, 3.05) is 13.7 Å². The maximum atomic E-state index is 14.4. The topological polar surface area (TPSA) is 58.6 Å². The fourth-order valence-electron chi connectivity index (χ4n) is 3.24.